The Hall–Kier alpha value is -1.20. The van der Waals surface area contributed by atoms with E-state index in [1.165, 1.54) is 6.56 Å². The molecule has 2 rings (SSSR count). The van der Waals surface area contributed by atoms with Crippen molar-refractivity contribution in [1.29, 1.82) is 0 Å². The molecule has 0 spiro atoms. The zero-order valence-electron chi connectivity index (χ0n) is 9.58. The summed E-state index contributed by atoms with van der Waals surface area (Å²) in [6.07, 6.45) is 29.9. The van der Waals surface area contributed by atoms with E-state index in [1.807, 2.05) is 0 Å². The molecule has 0 heterocycles. The van der Waals surface area contributed by atoms with Crippen molar-refractivity contribution in [2.75, 3.05) is 0 Å². The quantitative estimate of drug-likeness (QED) is 0.716. The van der Waals surface area contributed by atoms with Crippen molar-refractivity contribution in [2.45, 2.75) is 0 Å². The van der Waals surface area contributed by atoms with Gasteiger partial charge in [0.25, 0.3) is 0 Å². The molecule has 2 aliphatic carbocycles. The van der Waals surface area contributed by atoms with Gasteiger partial charge < -0.3 is 0 Å². The van der Waals surface area contributed by atoms with Crippen LogP contribution in [0.15, 0.2) is 91.6 Å². The van der Waals surface area contributed by atoms with E-state index in [4.69, 9.17) is 0 Å². The van der Waals surface area contributed by atoms with Crippen molar-refractivity contribution >= 4 is 0 Å². The molecule has 0 radical (unpaired) electrons. The molecule has 0 fully saturated rings. The van der Waals surface area contributed by atoms with E-state index >= 15 is 0 Å². The second kappa shape index (κ2) is 7.19. The molecular weight excluding hydrogens is 283 g/mol. The number of rotatable bonds is 2. The molecule has 17 heavy (non-hydrogen) atoms. The van der Waals surface area contributed by atoms with Gasteiger partial charge in [0.05, 0.1) is 0 Å². The minimum absolute atomic E-state index is 0.677. The molecule has 0 aromatic heterocycles. The summed E-state index contributed by atoms with van der Waals surface area (Å²) in [6, 6.07) is 0. The van der Waals surface area contributed by atoms with Gasteiger partial charge in [0.1, 0.15) is 0 Å². The summed E-state index contributed by atoms with van der Waals surface area (Å²) in [4.78, 5) is 0. The summed E-state index contributed by atoms with van der Waals surface area (Å²) >= 11 is -0.677. The normalized spacial score (nSPS) is 17.9. The van der Waals surface area contributed by atoms with E-state index in [9.17, 15) is 0 Å². The Balaban J connectivity index is 2.10. The summed E-state index contributed by atoms with van der Waals surface area (Å²) in [7, 11) is 0. The first kappa shape index (κ1) is 12.3. The Morgan fingerprint density at radius 1 is 0.471 bits per heavy atom. The number of hydrogen-bond donors (Lipinski definition) is 0. The Morgan fingerprint density at radius 3 is 1.41 bits per heavy atom. The van der Waals surface area contributed by atoms with E-state index in [1.54, 1.807) is 0 Å². The second-order valence-corrected chi connectivity index (χ2v) is 7.08. The Kier molecular flexibility index (Phi) is 5.19. The van der Waals surface area contributed by atoms with Crippen molar-refractivity contribution in [3.05, 3.63) is 91.6 Å². The monoisotopic (exact) mass is 296 g/mol. The van der Waals surface area contributed by atoms with Crippen molar-refractivity contribution in [2.24, 2.45) is 0 Å². The molecule has 0 unspecified atom stereocenters. The van der Waals surface area contributed by atoms with E-state index in [0.717, 1.165) is 0 Å². The molecule has 0 saturated carbocycles. The van der Waals surface area contributed by atoms with Gasteiger partial charge >= 0.3 is 115 Å². The second-order valence-electron chi connectivity index (χ2n) is 3.63. The third kappa shape index (κ3) is 4.67. The van der Waals surface area contributed by atoms with Crippen LogP contribution in [0, 0.1) is 0 Å². The van der Waals surface area contributed by atoms with E-state index in [-0.39, 0.29) is 0 Å². The summed E-state index contributed by atoms with van der Waals surface area (Å²) < 4.78 is 2.98. The average Bonchev–Trinajstić information content (AvgIpc) is 2.24. The van der Waals surface area contributed by atoms with Crippen LogP contribution in [-0.4, -0.2) is 0 Å². The van der Waals surface area contributed by atoms with Crippen molar-refractivity contribution < 1.29 is 23.2 Å². The Labute approximate surface area is 114 Å². The van der Waals surface area contributed by atoms with Crippen LogP contribution in [0.3, 0.4) is 0 Å². The molecule has 1 heteroatoms. The minimum atomic E-state index is -0.677. The molecule has 0 N–H and O–H groups in total. The summed E-state index contributed by atoms with van der Waals surface area (Å²) in [5.74, 6) is 0. The van der Waals surface area contributed by atoms with Gasteiger partial charge in [-0.05, 0) is 0 Å². The zero-order chi connectivity index (χ0) is 11.8. The van der Waals surface area contributed by atoms with Gasteiger partial charge in [-0.1, -0.05) is 0 Å². The predicted molar refractivity (Wildman–Crippen MR) is 71.0 cm³/mol. The van der Waals surface area contributed by atoms with Gasteiger partial charge in [0.2, 0.25) is 0 Å². The zero-order valence-corrected chi connectivity index (χ0v) is 12.0. The van der Waals surface area contributed by atoms with Crippen molar-refractivity contribution in [3.8, 4) is 0 Å². The molecule has 0 saturated heterocycles. The summed E-state index contributed by atoms with van der Waals surface area (Å²) in [6.45, 7) is 0. The SMILES string of the molecule is C1=CC=C[C]([Zr][C]2=CC=CC=CC=C2)=CC=C1. The molecule has 82 valence electrons. The number of hydrogen-bond acceptors (Lipinski definition) is 0. The van der Waals surface area contributed by atoms with E-state index < -0.39 is 23.2 Å². The Bertz CT molecular complexity index is 446. The molecule has 0 aromatic carbocycles. The maximum atomic E-state index is 2.24. The topological polar surface area (TPSA) is 0 Å². The average molecular weight is 298 g/mol. The molecular formula is C16H14Zr. The molecule has 2 aliphatic rings. The Morgan fingerprint density at radius 2 is 0.882 bits per heavy atom. The molecule has 0 atom stereocenters. The van der Waals surface area contributed by atoms with Gasteiger partial charge in [-0.15, -0.1) is 0 Å². The number of allylic oxidation sites excluding steroid dienone is 16. The summed E-state index contributed by atoms with van der Waals surface area (Å²) in [5.41, 5.74) is 0. The first-order chi connectivity index (χ1) is 8.45. The molecule has 0 aliphatic heterocycles. The van der Waals surface area contributed by atoms with Crippen LogP contribution in [-0.2, 0) is 23.2 Å². The van der Waals surface area contributed by atoms with Crippen LogP contribution in [0.1, 0.15) is 0 Å². The fourth-order valence-corrected chi connectivity index (χ4v) is 4.05. The van der Waals surface area contributed by atoms with E-state index in [0.29, 0.717) is 0 Å². The van der Waals surface area contributed by atoms with Crippen LogP contribution in [0.25, 0.3) is 0 Å². The van der Waals surface area contributed by atoms with Crippen molar-refractivity contribution in [1.82, 2.24) is 0 Å². The first-order valence-corrected chi connectivity index (χ1v) is 8.11. The van der Waals surface area contributed by atoms with Crippen LogP contribution in [0.4, 0.5) is 0 Å². The van der Waals surface area contributed by atoms with Gasteiger partial charge in [0, 0.05) is 0 Å². The van der Waals surface area contributed by atoms with Gasteiger partial charge in [0.15, 0.2) is 0 Å². The van der Waals surface area contributed by atoms with Gasteiger partial charge in [-0.2, -0.15) is 0 Å². The third-order valence-electron chi connectivity index (χ3n) is 2.28. The molecule has 0 aromatic rings. The maximum absolute atomic E-state index is 2.24. The van der Waals surface area contributed by atoms with E-state index in [2.05, 4.69) is 85.1 Å². The first-order valence-electron chi connectivity index (χ1n) is 5.65. The third-order valence-corrected chi connectivity index (χ3v) is 5.34. The van der Waals surface area contributed by atoms with Crippen molar-refractivity contribution in [3.63, 3.8) is 0 Å². The van der Waals surface area contributed by atoms with Crippen LogP contribution in [0.5, 0.6) is 0 Å². The van der Waals surface area contributed by atoms with Gasteiger partial charge in [-0.25, -0.2) is 0 Å². The predicted octanol–water partition coefficient (Wildman–Crippen LogP) is 4.20. The van der Waals surface area contributed by atoms with Crippen LogP contribution >= 0.6 is 0 Å². The fourth-order valence-electron chi connectivity index (χ4n) is 1.47. The van der Waals surface area contributed by atoms with Gasteiger partial charge in [-0.3, -0.25) is 0 Å². The standard InChI is InChI=1S/2C8H7.Zr/c2*1-2-4-6-8-7-5-3-1;/h2*1-7H;. The fraction of sp³-hybridized carbons (Fsp3) is 0. The molecule has 0 amide bonds. The molecule has 0 nitrogen and oxygen atoms in total. The molecule has 0 bridgehead atoms. The summed E-state index contributed by atoms with van der Waals surface area (Å²) in [5, 5.41) is 0. The van der Waals surface area contributed by atoms with Crippen LogP contribution < -0.4 is 0 Å². The van der Waals surface area contributed by atoms with Crippen LogP contribution in [0.2, 0.25) is 0 Å².